The first kappa shape index (κ1) is 12.5. The van der Waals surface area contributed by atoms with Crippen LogP contribution in [0.2, 0.25) is 0 Å². The third-order valence-corrected chi connectivity index (χ3v) is 4.71. The predicted molar refractivity (Wildman–Crippen MR) is 62.7 cm³/mol. The number of hydrogen-bond acceptors (Lipinski definition) is 3. The molecule has 1 heterocycles. The molecule has 0 aromatic heterocycles. The Morgan fingerprint density at radius 2 is 1.71 bits per heavy atom. The highest BCUT2D eigenvalue weighted by atomic mass is 79.9. The molecule has 0 saturated carbocycles. The molecule has 3 nitrogen and oxygen atoms in total. The zero-order valence-electron chi connectivity index (χ0n) is 8.41. The van der Waals surface area contributed by atoms with E-state index in [-0.39, 0.29) is 0 Å². The van der Waals surface area contributed by atoms with Crippen molar-refractivity contribution in [2.75, 3.05) is 36.5 Å². The van der Waals surface area contributed by atoms with Crippen molar-refractivity contribution in [3.63, 3.8) is 0 Å². The van der Waals surface area contributed by atoms with Crippen LogP contribution in [0.5, 0.6) is 0 Å². The minimum atomic E-state index is -2.70. The summed E-state index contributed by atoms with van der Waals surface area (Å²) < 4.78 is 22.3. The van der Waals surface area contributed by atoms with Crippen molar-refractivity contribution in [1.82, 2.24) is 4.90 Å². The second kappa shape index (κ2) is 6.08. The number of hydrogen-bond donors (Lipinski definition) is 0. The summed E-state index contributed by atoms with van der Waals surface area (Å²) in [5.41, 5.74) is 0. The van der Waals surface area contributed by atoms with Gasteiger partial charge in [-0.1, -0.05) is 22.4 Å². The van der Waals surface area contributed by atoms with E-state index < -0.39 is 9.84 Å². The zero-order chi connectivity index (χ0) is 10.4. The second-order valence-corrected chi connectivity index (χ2v) is 6.84. The monoisotopic (exact) mass is 283 g/mol. The summed E-state index contributed by atoms with van der Waals surface area (Å²) in [6.07, 6.45) is 3.63. The SMILES string of the molecule is O=S1(=O)CCN(CCCCCBr)CC1. The van der Waals surface area contributed by atoms with Gasteiger partial charge in [0, 0.05) is 18.4 Å². The van der Waals surface area contributed by atoms with Gasteiger partial charge < -0.3 is 4.90 Å². The second-order valence-electron chi connectivity index (χ2n) is 3.74. The topological polar surface area (TPSA) is 37.4 Å². The maximum atomic E-state index is 11.1. The molecular formula is C9H18BrNO2S. The van der Waals surface area contributed by atoms with Crippen molar-refractivity contribution in [2.45, 2.75) is 19.3 Å². The van der Waals surface area contributed by atoms with Gasteiger partial charge in [0.15, 0.2) is 9.84 Å². The van der Waals surface area contributed by atoms with E-state index in [0.717, 1.165) is 25.0 Å². The molecule has 0 aliphatic carbocycles. The molecule has 0 atom stereocenters. The van der Waals surface area contributed by atoms with Gasteiger partial charge in [-0.3, -0.25) is 0 Å². The maximum Gasteiger partial charge on any atom is 0.152 e. The highest BCUT2D eigenvalue weighted by Gasteiger charge is 2.20. The first-order valence-corrected chi connectivity index (χ1v) is 8.07. The van der Waals surface area contributed by atoms with Gasteiger partial charge in [0.25, 0.3) is 0 Å². The van der Waals surface area contributed by atoms with Crippen molar-refractivity contribution in [3.05, 3.63) is 0 Å². The summed E-state index contributed by atoms with van der Waals surface area (Å²) in [5.74, 6) is 0.705. The van der Waals surface area contributed by atoms with Crippen LogP contribution < -0.4 is 0 Å². The van der Waals surface area contributed by atoms with E-state index in [9.17, 15) is 8.42 Å². The Morgan fingerprint density at radius 1 is 1.07 bits per heavy atom. The van der Waals surface area contributed by atoms with Crippen LogP contribution in [0.3, 0.4) is 0 Å². The molecule has 84 valence electrons. The summed E-state index contributed by atoms with van der Waals surface area (Å²) >= 11 is 3.40. The normalized spacial score (nSPS) is 22.4. The van der Waals surface area contributed by atoms with Crippen LogP contribution in [0, 0.1) is 0 Å². The van der Waals surface area contributed by atoms with Gasteiger partial charge in [-0.2, -0.15) is 0 Å². The molecule has 0 N–H and O–H groups in total. The fourth-order valence-electron chi connectivity index (χ4n) is 1.58. The van der Waals surface area contributed by atoms with Crippen molar-refractivity contribution in [2.24, 2.45) is 0 Å². The van der Waals surface area contributed by atoms with E-state index in [1.165, 1.54) is 19.3 Å². The number of unbranched alkanes of at least 4 members (excludes halogenated alkanes) is 2. The first-order valence-electron chi connectivity index (χ1n) is 5.13. The Bertz CT molecular complexity index is 240. The minimum Gasteiger partial charge on any atom is -0.301 e. The Kier molecular flexibility index (Phi) is 5.41. The molecule has 0 bridgehead atoms. The van der Waals surface area contributed by atoms with Crippen LogP contribution in [0.1, 0.15) is 19.3 Å². The standard InChI is InChI=1S/C9H18BrNO2S/c10-4-2-1-3-5-11-6-8-14(12,13)9-7-11/h1-9H2. The lowest BCUT2D eigenvalue weighted by Crippen LogP contribution is -2.40. The Labute approximate surface area is 94.9 Å². The number of alkyl halides is 1. The molecule has 1 aliphatic rings. The first-order chi connectivity index (χ1) is 6.64. The Morgan fingerprint density at radius 3 is 2.29 bits per heavy atom. The van der Waals surface area contributed by atoms with Crippen LogP contribution >= 0.6 is 15.9 Å². The van der Waals surface area contributed by atoms with E-state index in [1.54, 1.807) is 0 Å². The van der Waals surface area contributed by atoms with Crippen LogP contribution in [-0.4, -0.2) is 49.8 Å². The summed E-state index contributed by atoms with van der Waals surface area (Å²) in [5, 5.41) is 1.07. The Hall–Kier alpha value is 0.390. The third kappa shape index (κ3) is 4.75. The average molecular weight is 284 g/mol. The minimum absolute atomic E-state index is 0.353. The highest BCUT2D eigenvalue weighted by molar-refractivity contribution is 9.09. The molecule has 0 unspecified atom stereocenters. The lowest BCUT2D eigenvalue weighted by molar-refractivity contribution is 0.289. The fourth-order valence-corrected chi connectivity index (χ4v) is 3.25. The lowest BCUT2D eigenvalue weighted by Gasteiger charge is -2.26. The summed E-state index contributed by atoms with van der Waals surface area (Å²) in [4.78, 5) is 2.26. The lowest BCUT2D eigenvalue weighted by atomic mass is 10.2. The molecule has 5 heteroatoms. The van der Waals surface area contributed by atoms with Gasteiger partial charge in [-0.05, 0) is 19.4 Å². The number of sulfone groups is 1. The number of nitrogens with zero attached hydrogens (tertiary/aromatic N) is 1. The van der Waals surface area contributed by atoms with Gasteiger partial charge >= 0.3 is 0 Å². The van der Waals surface area contributed by atoms with Crippen molar-refractivity contribution in [1.29, 1.82) is 0 Å². The molecule has 14 heavy (non-hydrogen) atoms. The van der Waals surface area contributed by atoms with E-state index in [0.29, 0.717) is 11.5 Å². The summed E-state index contributed by atoms with van der Waals surface area (Å²) in [6, 6.07) is 0. The van der Waals surface area contributed by atoms with Gasteiger partial charge in [-0.25, -0.2) is 8.42 Å². The molecule has 1 fully saturated rings. The number of halogens is 1. The summed E-state index contributed by atoms with van der Waals surface area (Å²) in [7, 11) is -2.70. The van der Waals surface area contributed by atoms with Crippen LogP contribution in [0.25, 0.3) is 0 Å². The van der Waals surface area contributed by atoms with Gasteiger partial charge in [0.05, 0.1) is 11.5 Å². The molecule has 0 aromatic rings. The quantitative estimate of drug-likeness (QED) is 0.564. The van der Waals surface area contributed by atoms with E-state index in [2.05, 4.69) is 20.8 Å². The molecule has 1 rings (SSSR count). The van der Waals surface area contributed by atoms with E-state index in [4.69, 9.17) is 0 Å². The molecule has 0 aromatic carbocycles. The summed E-state index contributed by atoms with van der Waals surface area (Å²) in [6.45, 7) is 2.52. The van der Waals surface area contributed by atoms with E-state index >= 15 is 0 Å². The smallest absolute Gasteiger partial charge is 0.152 e. The zero-order valence-corrected chi connectivity index (χ0v) is 10.8. The number of rotatable bonds is 5. The molecule has 1 aliphatic heterocycles. The average Bonchev–Trinajstić information content (AvgIpc) is 2.15. The molecule has 0 amide bonds. The fraction of sp³-hybridized carbons (Fsp3) is 1.00. The van der Waals surface area contributed by atoms with Gasteiger partial charge in [0.2, 0.25) is 0 Å². The van der Waals surface area contributed by atoms with Crippen molar-refractivity contribution >= 4 is 25.8 Å². The van der Waals surface area contributed by atoms with Gasteiger partial charge in [-0.15, -0.1) is 0 Å². The molecular weight excluding hydrogens is 266 g/mol. The van der Waals surface area contributed by atoms with Crippen molar-refractivity contribution < 1.29 is 8.42 Å². The van der Waals surface area contributed by atoms with Crippen LogP contribution in [0.4, 0.5) is 0 Å². The van der Waals surface area contributed by atoms with E-state index in [1.807, 2.05) is 0 Å². The largest absolute Gasteiger partial charge is 0.301 e. The molecule has 0 radical (unpaired) electrons. The molecule has 1 saturated heterocycles. The third-order valence-electron chi connectivity index (χ3n) is 2.55. The van der Waals surface area contributed by atoms with Crippen LogP contribution in [-0.2, 0) is 9.84 Å². The highest BCUT2D eigenvalue weighted by Crippen LogP contribution is 2.06. The molecule has 0 spiro atoms. The van der Waals surface area contributed by atoms with Crippen LogP contribution in [0.15, 0.2) is 0 Å². The maximum absolute atomic E-state index is 11.1. The van der Waals surface area contributed by atoms with Crippen molar-refractivity contribution in [3.8, 4) is 0 Å². The van der Waals surface area contributed by atoms with Gasteiger partial charge in [0.1, 0.15) is 0 Å². The Balaban J connectivity index is 2.10. The predicted octanol–water partition coefficient (Wildman–Crippen LogP) is 1.28.